The van der Waals surface area contributed by atoms with E-state index >= 15 is 0 Å². The lowest BCUT2D eigenvalue weighted by Gasteiger charge is -2.29. The molecule has 2 fully saturated rings. The lowest BCUT2D eigenvalue weighted by Crippen LogP contribution is -2.33. The fourth-order valence-electron chi connectivity index (χ4n) is 3.16. The average Bonchev–Trinajstić information content (AvgIpc) is 2.52. The monoisotopic (exact) mass is 326 g/mol. The van der Waals surface area contributed by atoms with Crippen molar-refractivity contribution in [2.75, 3.05) is 0 Å². The van der Waals surface area contributed by atoms with Crippen LogP contribution in [-0.4, -0.2) is 33.5 Å². The van der Waals surface area contributed by atoms with Crippen molar-refractivity contribution < 1.29 is 24.5 Å². The molecular weight excluding hydrogens is 304 g/mol. The minimum Gasteiger partial charge on any atom is -0.481 e. The second-order valence-electron chi connectivity index (χ2n) is 6.10. The molecule has 0 aromatic rings. The van der Waals surface area contributed by atoms with E-state index < -0.39 is 23.8 Å². The van der Waals surface area contributed by atoms with Crippen LogP contribution in [0.25, 0.3) is 0 Å². The fourth-order valence-corrected chi connectivity index (χ4v) is 4.08. The minimum atomic E-state index is -0.914. The van der Waals surface area contributed by atoms with Gasteiger partial charge in [0.15, 0.2) is 0 Å². The van der Waals surface area contributed by atoms with Crippen molar-refractivity contribution in [1.29, 1.82) is 0 Å². The summed E-state index contributed by atoms with van der Waals surface area (Å²) in [6, 6.07) is 0. The highest BCUT2D eigenvalue weighted by molar-refractivity contribution is 8.04. The van der Waals surface area contributed by atoms with Gasteiger partial charge in [-0.05, 0) is 44.9 Å². The molecule has 0 radical (unpaired) electrons. The number of carboxylic acid groups (broad SMARTS) is 2. The molecule has 2 aliphatic carbocycles. The van der Waals surface area contributed by atoms with Crippen molar-refractivity contribution in [2.45, 2.75) is 62.7 Å². The van der Waals surface area contributed by atoms with Crippen molar-refractivity contribution >= 4 is 23.7 Å². The van der Waals surface area contributed by atoms with Gasteiger partial charge in [0, 0.05) is 10.5 Å². The first-order valence-electron chi connectivity index (χ1n) is 7.83. The van der Waals surface area contributed by atoms with Gasteiger partial charge in [0.2, 0.25) is 0 Å². The molecule has 2 aliphatic rings. The maximum atomic E-state index is 11.1. The molecule has 2 N–H and O–H groups in total. The fraction of sp³-hybridized carbons (Fsp3) is 0.750. The summed E-state index contributed by atoms with van der Waals surface area (Å²) < 4.78 is 5.51. The van der Waals surface area contributed by atoms with Crippen molar-refractivity contribution in [2.24, 2.45) is 11.8 Å². The van der Waals surface area contributed by atoms with Crippen molar-refractivity contribution in [3.8, 4) is 11.4 Å². The van der Waals surface area contributed by atoms with Crippen LogP contribution in [-0.2, 0) is 14.3 Å². The largest absolute Gasteiger partial charge is 0.481 e. The number of carbonyl (C=O) groups is 2. The molecule has 0 aromatic carbocycles. The summed E-state index contributed by atoms with van der Waals surface area (Å²) >= 11 is 1.32. The molecule has 6 heteroatoms. The third-order valence-electron chi connectivity index (χ3n) is 4.41. The maximum Gasteiger partial charge on any atom is 0.306 e. The standard InChI is InChI=1S/C16H22O5S/c17-15(18)11-8-12(16(19)20)10-14(9-11)22-7-6-21-13-4-2-1-3-5-13/h11-14H,1-5,8-10H2,(H,17,18)(H,19,20). The lowest BCUT2D eigenvalue weighted by molar-refractivity contribution is -0.147. The van der Waals surface area contributed by atoms with Crippen molar-refractivity contribution in [3.05, 3.63) is 0 Å². The van der Waals surface area contributed by atoms with Gasteiger partial charge in [-0.2, -0.15) is 0 Å². The van der Waals surface area contributed by atoms with E-state index in [9.17, 15) is 9.59 Å². The molecule has 5 nitrogen and oxygen atoms in total. The highest BCUT2D eigenvalue weighted by atomic mass is 32.2. The number of ether oxygens (including phenoxy) is 1. The van der Waals surface area contributed by atoms with Crippen LogP contribution in [0.5, 0.6) is 0 Å². The van der Waals surface area contributed by atoms with E-state index in [-0.39, 0.29) is 17.8 Å². The molecule has 0 bridgehead atoms. The topological polar surface area (TPSA) is 83.8 Å². The van der Waals surface area contributed by atoms with Crippen molar-refractivity contribution in [3.63, 3.8) is 0 Å². The van der Waals surface area contributed by atoms with Gasteiger partial charge in [0.05, 0.1) is 11.8 Å². The predicted molar refractivity (Wildman–Crippen MR) is 83.2 cm³/mol. The molecule has 2 rings (SSSR count). The summed E-state index contributed by atoms with van der Waals surface area (Å²) in [5, 5.41) is 21.1. The number of aliphatic carboxylic acids is 2. The van der Waals surface area contributed by atoms with Crippen LogP contribution in [0.2, 0.25) is 0 Å². The molecule has 2 atom stereocenters. The number of hydrogen-bond donors (Lipinski definition) is 2. The quantitative estimate of drug-likeness (QED) is 0.773. The summed E-state index contributed by atoms with van der Waals surface area (Å²) in [6.07, 6.45) is 9.81. The molecule has 2 saturated carbocycles. The molecule has 0 aliphatic heterocycles. The van der Waals surface area contributed by atoms with Gasteiger partial charge in [-0.3, -0.25) is 9.59 Å². The summed E-state index contributed by atoms with van der Waals surface area (Å²) in [4.78, 5) is 22.3. The lowest BCUT2D eigenvalue weighted by atomic mass is 9.81. The van der Waals surface area contributed by atoms with E-state index in [2.05, 4.69) is 11.4 Å². The Bertz CT molecular complexity index is 439. The van der Waals surface area contributed by atoms with E-state index in [1.165, 1.54) is 31.0 Å². The van der Waals surface area contributed by atoms with Gasteiger partial charge in [0.1, 0.15) is 12.2 Å². The number of thioether (sulfide) groups is 1. The second kappa shape index (κ2) is 8.33. The van der Waals surface area contributed by atoms with Crippen LogP contribution in [0, 0.1) is 23.2 Å². The minimum absolute atomic E-state index is 0.0570. The Balaban J connectivity index is 1.82. The third kappa shape index (κ3) is 5.13. The highest BCUT2D eigenvalue weighted by Crippen LogP contribution is 2.36. The van der Waals surface area contributed by atoms with E-state index in [1.807, 2.05) is 0 Å². The number of carboxylic acids is 2. The maximum absolute atomic E-state index is 11.1. The Hall–Kier alpha value is -1.35. The normalized spacial score (nSPS) is 29.2. The Morgan fingerprint density at radius 2 is 1.55 bits per heavy atom. The Kier molecular flexibility index (Phi) is 6.44. The van der Waals surface area contributed by atoms with Crippen LogP contribution in [0.15, 0.2) is 0 Å². The van der Waals surface area contributed by atoms with Crippen LogP contribution in [0.1, 0.15) is 51.4 Å². The van der Waals surface area contributed by atoms with Crippen LogP contribution >= 0.6 is 11.8 Å². The number of rotatable bonds is 4. The van der Waals surface area contributed by atoms with Gasteiger partial charge in [-0.25, -0.2) is 0 Å². The molecule has 0 heterocycles. The molecular formula is C16H22O5S. The van der Waals surface area contributed by atoms with Crippen molar-refractivity contribution in [1.82, 2.24) is 0 Å². The Labute approximate surface area is 134 Å². The smallest absolute Gasteiger partial charge is 0.306 e. The summed E-state index contributed by atoms with van der Waals surface area (Å²) in [7, 11) is 0. The molecule has 2 unspecified atom stereocenters. The van der Waals surface area contributed by atoms with E-state index in [0.29, 0.717) is 12.8 Å². The first-order valence-corrected chi connectivity index (χ1v) is 8.71. The van der Waals surface area contributed by atoms with Gasteiger partial charge >= 0.3 is 11.9 Å². The number of hydrogen-bond acceptors (Lipinski definition) is 4. The average molecular weight is 326 g/mol. The van der Waals surface area contributed by atoms with Gasteiger partial charge in [0.25, 0.3) is 0 Å². The van der Waals surface area contributed by atoms with Gasteiger partial charge in [-0.15, -0.1) is 0 Å². The Morgan fingerprint density at radius 3 is 2.09 bits per heavy atom. The van der Waals surface area contributed by atoms with Gasteiger partial charge < -0.3 is 14.9 Å². The van der Waals surface area contributed by atoms with E-state index in [4.69, 9.17) is 14.9 Å². The van der Waals surface area contributed by atoms with Gasteiger partial charge in [-0.1, -0.05) is 18.2 Å². The van der Waals surface area contributed by atoms with E-state index in [1.54, 1.807) is 0 Å². The summed E-state index contributed by atoms with van der Waals surface area (Å²) in [5.74, 6) is -3.01. The zero-order valence-electron chi connectivity index (χ0n) is 12.5. The van der Waals surface area contributed by atoms with Crippen LogP contribution in [0.3, 0.4) is 0 Å². The molecule has 122 valence electrons. The molecule has 0 saturated heterocycles. The summed E-state index contributed by atoms with van der Waals surface area (Å²) in [5.41, 5.74) is 0. The Morgan fingerprint density at radius 1 is 0.955 bits per heavy atom. The predicted octanol–water partition coefficient (Wildman–Crippen LogP) is 2.94. The SMILES string of the molecule is O=C(O)C1CC(SC#COC2CCCCC2)CC(C(=O)O)C1. The highest BCUT2D eigenvalue weighted by Gasteiger charge is 2.36. The first kappa shape index (κ1) is 17.0. The third-order valence-corrected chi connectivity index (χ3v) is 5.33. The first-order chi connectivity index (χ1) is 10.6. The zero-order valence-corrected chi connectivity index (χ0v) is 13.3. The molecule has 0 aromatic heterocycles. The molecule has 22 heavy (non-hydrogen) atoms. The zero-order chi connectivity index (χ0) is 15.9. The molecule has 0 amide bonds. The second-order valence-corrected chi connectivity index (χ2v) is 7.21. The summed E-state index contributed by atoms with van der Waals surface area (Å²) in [6.45, 7) is 0. The van der Waals surface area contributed by atoms with Crippen LogP contribution in [0.4, 0.5) is 0 Å². The van der Waals surface area contributed by atoms with Crippen LogP contribution < -0.4 is 0 Å². The molecule has 0 spiro atoms. The van der Waals surface area contributed by atoms with E-state index in [0.717, 1.165) is 12.8 Å².